The molecule has 2 aromatic rings. The van der Waals surface area contributed by atoms with Gasteiger partial charge in [0.2, 0.25) is 0 Å². The van der Waals surface area contributed by atoms with Crippen molar-refractivity contribution in [3.05, 3.63) is 51.8 Å². The second kappa shape index (κ2) is 6.53. The first-order valence-electron chi connectivity index (χ1n) is 8.52. The Balaban J connectivity index is 2.49. The molecular formula is C21H28ClNO2. The Morgan fingerprint density at radius 2 is 1.52 bits per heavy atom. The number of aromatic nitrogens is 1. The van der Waals surface area contributed by atoms with E-state index in [1.807, 2.05) is 19.2 Å². The van der Waals surface area contributed by atoms with Crippen LogP contribution in [0.3, 0.4) is 0 Å². The summed E-state index contributed by atoms with van der Waals surface area (Å²) in [6.45, 7) is 12.4. The molecule has 0 radical (unpaired) electrons. The van der Waals surface area contributed by atoms with Gasteiger partial charge in [-0.1, -0.05) is 65.3 Å². The molecule has 136 valence electrons. The molecule has 1 N–H and O–H groups in total. The molecule has 1 heterocycles. The van der Waals surface area contributed by atoms with Crippen molar-refractivity contribution in [2.45, 2.75) is 58.8 Å². The van der Waals surface area contributed by atoms with Gasteiger partial charge in [-0.3, -0.25) is 4.79 Å². The monoisotopic (exact) mass is 361 g/mol. The summed E-state index contributed by atoms with van der Waals surface area (Å²) < 4.78 is 1.73. The minimum atomic E-state index is -0.209. The standard InChI is InChI=1S/C21H28ClNO2/c1-20(2,3)15-8-13(9-16(19(15)25)21(4,5)6)10-17(24)14-11-18(22)23(7)12-14/h8-9,11-12,25H,10H2,1-7H3. The van der Waals surface area contributed by atoms with E-state index in [9.17, 15) is 9.90 Å². The SMILES string of the molecule is Cn1cc(C(=O)Cc2cc(C(C)(C)C)c(O)c(C(C)(C)C)c2)cc1Cl. The number of carbonyl (C=O) groups excluding carboxylic acids is 1. The van der Waals surface area contributed by atoms with Crippen molar-refractivity contribution in [1.82, 2.24) is 4.57 Å². The van der Waals surface area contributed by atoms with Crippen molar-refractivity contribution in [2.24, 2.45) is 7.05 Å². The summed E-state index contributed by atoms with van der Waals surface area (Å²) in [4.78, 5) is 12.7. The van der Waals surface area contributed by atoms with Gasteiger partial charge in [0.1, 0.15) is 10.9 Å². The lowest BCUT2D eigenvalue weighted by atomic mass is 9.78. The molecule has 1 aromatic carbocycles. The number of Topliss-reactive ketones (excluding diaryl/α,β-unsaturated/α-hetero) is 1. The molecule has 0 fully saturated rings. The molecule has 0 amide bonds. The normalized spacial score (nSPS) is 12.5. The zero-order chi connectivity index (χ0) is 19.2. The van der Waals surface area contributed by atoms with Crippen LogP contribution < -0.4 is 0 Å². The number of aromatic hydroxyl groups is 1. The predicted octanol–water partition coefficient (Wildman–Crippen LogP) is 5.40. The highest BCUT2D eigenvalue weighted by Gasteiger charge is 2.27. The molecular weight excluding hydrogens is 334 g/mol. The Morgan fingerprint density at radius 1 is 1.04 bits per heavy atom. The quantitative estimate of drug-likeness (QED) is 0.743. The first-order valence-corrected chi connectivity index (χ1v) is 8.90. The minimum absolute atomic E-state index is 0.0212. The molecule has 0 atom stereocenters. The molecule has 2 rings (SSSR count). The topological polar surface area (TPSA) is 42.2 Å². The fraction of sp³-hybridized carbons (Fsp3) is 0.476. The van der Waals surface area contributed by atoms with Crippen LogP contribution in [0.5, 0.6) is 5.75 Å². The summed E-state index contributed by atoms with van der Waals surface area (Å²) in [7, 11) is 1.81. The van der Waals surface area contributed by atoms with Crippen LogP contribution in [0.15, 0.2) is 24.4 Å². The second-order valence-corrected chi connectivity index (χ2v) is 9.19. The molecule has 25 heavy (non-hydrogen) atoms. The molecule has 0 bridgehead atoms. The van der Waals surface area contributed by atoms with Crippen molar-refractivity contribution in [3.8, 4) is 5.75 Å². The van der Waals surface area contributed by atoms with Gasteiger partial charge in [-0.2, -0.15) is 0 Å². The number of nitrogens with zero attached hydrogens (tertiary/aromatic N) is 1. The zero-order valence-corrected chi connectivity index (χ0v) is 17.0. The maximum atomic E-state index is 12.7. The minimum Gasteiger partial charge on any atom is -0.507 e. The zero-order valence-electron chi connectivity index (χ0n) is 16.2. The third-order valence-corrected chi connectivity index (χ3v) is 4.79. The van der Waals surface area contributed by atoms with E-state index in [0.717, 1.165) is 16.7 Å². The third-order valence-electron chi connectivity index (χ3n) is 4.42. The maximum absolute atomic E-state index is 12.7. The van der Waals surface area contributed by atoms with Crippen LogP contribution in [0.4, 0.5) is 0 Å². The Labute approximate surface area is 155 Å². The van der Waals surface area contributed by atoms with Gasteiger partial charge in [0.25, 0.3) is 0 Å². The molecule has 0 saturated carbocycles. The first kappa shape index (κ1) is 19.6. The van der Waals surface area contributed by atoms with Gasteiger partial charge in [-0.05, 0) is 33.6 Å². The van der Waals surface area contributed by atoms with Crippen LogP contribution in [-0.2, 0) is 24.3 Å². The van der Waals surface area contributed by atoms with Gasteiger partial charge in [0, 0.05) is 25.2 Å². The van der Waals surface area contributed by atoms with Gasteiger partial charge in [0.05, 0.1) is 0 Å². The van der Waals surface area contributed by atoms with E-state index < -0.39 is 0 Å². The Bertz CT molecular complexity index is 750. The number of carbonyl (C=O) groups is 1. The molecule has 0 aliphatic rings. The van der Waals surface area contributed by atoms with E-state index in [1.165, 1.54) is 0 Å². The van der Waals surface area contributed by atoms with Gasteiger partial charge >= 0.3 is 0 Å². The van der Waals surface area contributed by atoms with Crippen molar-refractivity contribution in [1.29, 1.82) is 0 Å². The summed E-state index contributed by atoms with van der Waals surface area (Å²) >= 11 is 6.05. The number of phenolic OH excluding ortho intramolecular Hbond substituents is 1. The molecule has 0 saturated heterocycles. The van der Waals surface area contributed by atoms with Crippen molar-refractivity contribution in [2.75, 3.05) is 0 Å². The average Bonchev–Trinajstić information content (AvgIpc) is 2.78. The second-order valence-electron chi connectivity index (χ2n) is 8.80. The summed E-state index contributed by atoms with van der Waals surface area (Å²) in [5, 5.41) is 11.3. The largest absolute Gasteiger partial charge is 0.507 e. The molecule has 0 aliphatic carbocycles. The Hall–Kier alpha value is -1.74. The van der Waals surface area contributed by atoms with E-state index in [4.69, 9.17) is 11.6 Å². The van der Waals surface area contributed by atoms with E-state index >= 15 is 0 Å². The lowest BCUT2D eigenvalue weighted by Crippen LogP contribution is -2.18. The van der Waals surface area contributed by atoms with Crippen LogP contribution in [0, 0.1) is 0 Å². The van der Waals surface area contributed by atoms with Crippen LogP contribution in [0.2, 0.25) is 5.15 Å². The first-order chi connectivity index (χ1) is 11.3. The van der Waals surface area contributed by atoms with E-state index in [-0.39, 0.29) is 23.0 Å². The van der Waals surface area contributed by atoms with Gasteiger partial charge in [-0.25, -0.2) is 0 Å². The van der Waals surface area contributed by atoms with Crippen molar-refractivity contribution < 1.29 is 9.90 Å². The number of phenols is 1. The smallest absolute Gasteiger partial charge is 0.168 e. The van der Waals surface area contributed by atoms with E-state index in [0.29, 0.717) is 16.5 Å². The highest BCUT2D eigenvalue weighted by atomic mass is 35.5. The van der Waals surface area contributed by atoms with Gasteiger partial charge < -0.3 is 9.67 Å². The number of ketones is 1. The summed E-state index contributed by atoms with van der Waals surface area (Å²) in [6.07, 6.45) is 2.03. The predicted molar refractivity (Wildman–Crippen MR) is 104 cm³/mol. The van der Waals surface area contributed by atoms with E-state index in [2.05, 4.69) is 41.5 Å². The molecule has 0 spiro atoms. The number of rotatable bonds is 3. The molecule has 0 aliphatic heterocycles. The van der Waals surface area contributed by atoms with Crippen LogP contribution in [0.1, 0.15) is 68.6 Å². The summed E-state index contributed by atoms with van der Waals surface area (Å²) in [5.41, 5.74) is 2.84. The number of hydrogen-bond donors (Lipinski definition) is 1. The Kier molecular flexibility index (Phi) is 5.11. The van der Waals surface area contributed by atoms with Gasteiger partial charge in [-0.15, -0.1) is 0 Å². The summed E-state index contributed by atoms with van der Waals surface area (Å²) in [5.74, 6) is 0.354. The fourth-order valence-corrected chi connectivity index (χ4v) is 3.08. The van der Waals surface area contributed by atoms with Crippen LogP contribution in [-0.4, -0.2) is 15.5 Å². The fourth-order valence-electron chi connectivity index (χ4n) is 2.92. The third kappa shape index (κ3) is 4.27. The lowest BCUT2D eigenvalue weighted by molar-refractivity contribution is 0.0992. The number of benzene rings is 1. The van der Waals surface area contributed by atoms with Gasteiger partial charge in [0.15, 0.2) is 5.78 Å². The maximum Gasteiger partial charge on any atom is 0.168 e. The van der Waals surface area contributed by atoms with Crippen molar-refractivity contribution in [3.63, 3.8) is 0 Å². The highest BCUT2D eigenvalue weighted by Crippen LogP contribution is 2.40. The summed E-state index contributed by atoms with van der Waals surface area (Å²) in [6, 6.07) is 5.60. The molecule has 4 heteroatoms. The molecule has 3 nitrogen and oxygen atoms in total. The molecule has 1 aromatic heterocycles. The number of halogens is 1. The molecule has 0 unspecified atom stereocenters. The Morgan fingerprint density at radius 3 is 1.88 bits per heavy atom. The lowest BCUT2D eigenvalue weighted by Gasteiger charge is -2.28. The average molecular weight is 362 g/mol. The van der Waals surface area contributed by atoms with Crippen LogP contribution >= 0.6 is 11.6 Å². The van der Waals surface area contributed by atoms with E-state index in [1.54, 1.807) is 16.8 Å². The number of hydrogen-bond acceptors (Lipinski definition) is 2. The highest BCUT2D eigenvalue weighted by molar-refractivity contribution is 6.30. The van der Waals surface area contributed by atoms with Crippen molar-refractivity contribution >= 4 is 17.4 Å². The van der Waals surface area contributed by atoms with Crippen LogP contribution in [0.25, 0.3) is 0 Å². The number of aryl methyl sites for hydroxylation is 1.